The number of pyridine rings is 1. The average Bonchev–Trinajstić information content (AvgIpc) is 2.92. The summed E-state index contributed by atoms with van der Waals surface area (Å²) in [5.41, 5.74) is 1.73. The van der Waals surface area contributed by atoms with Crippen molar-refractivity contribution in [2.75, 3.05) is 12.4 Å². The lowest BCUT2D eigenvalue weighted by atomic mass is 10.3. The van der Waals surface area contributed by atoms with E-state index in [9.17, 15) is 4.79 Å². The fraction of sp³-hybridized carbons (Fsp3) is 0.154. The van der Waals surface area contributed by atoms with Crippen LogP contribution in [0.15, 0.2) is 40.9 Å². The Hall–Kier alpha value is -2.21. The first kappa shape index (κ1) is 11.9. The van der Waals surface area contributed by atoms with Gasteiger partial charge in [-0.05, 0) is 23.1 Å². The first-order valence-corrected chi connectivity index (χ1v) is 6.71. The van der Waals surface area contributed by atoms with Gasteiger partial charge in [-0.1, -0.05) is 6.07 Å². The molecule has 19 heavy (non-hydrogen) atoms. The summed E-state index contributed by atoms with van der Waals surface area (Å²) < 4.78 is 2.30. The lowest BCUT2D eigenvalue weighted by Gasteiger charge is -2.06. The predicted molar refractivity (Wildman–Crippen MR) is 76.8 cm³/mol. The number of rotatable bonds is 3. The minimum Gasteiger partial charge on any atom is -0.373 e. The van der Waals surface area contributed by atoms with Gasteiger partial charge >= 0.3 is 0 Å². The Morgan fingerprint density at radius 1 is 1.32 bits per heavy atom. The molecule has 0 aliphatic rings. The van der Waals surface area contributed by atoms with E-state index in [4.69, 9.17) is 0 Å². The maximum atomic E-state index is 12.2. The molecule has 3 aromatic heterocycles. The molecule has 0 bridgehead atoms. The molecule has 0 radical (unpaired) electrons. The molecule has 0 spiro atoms. The molecular formula is C13H12N4OS. The van der Waals surface area contributed by atoms with Crippen LogP contribution in [-0.4, -0.2) is 21.6 Å². The minimum atomic E-state index is -0.00214. The highest BCUT2D eigenvalue weighted by molar-refractivity contribution is 7.17. The maximum Gasteiger partial charge on any atom is 0.271 e. The van der Waals surface area contributed by atoms with Gasteiger partial charge in [0.2, 0.25) is 0 Å². The molecule has 3 aromatic rings. The van der Waals surface area contributed by atoms with E-state index in [-0.39, 0.29) is 5.56 Å². The molecule has 0 saturated carbocycles. The lowest BCUT2D eigenvalue weighted by Crippen LogP contribution is -2.20. The third-order valence-corrected chi connectivity index (χ3v) is 3.76. The van der Waals surface area contributed by atoms with Gasteiger partial charge in [0.05, 0.1) is 18.4 Å². The van der Waals surface area contributed by atoms with Crippen LogP contribution in [0.4, 0.5) is 5.82 Å². The van der Waals surface area contributed by atoms with Gasteiger partial charge in [0.25, 0.3) is 5.56 Å². The summed E-state index contributed by atoms with van der Waals surface area (Å²) >= 11 is 1.42. The van der Waals surface area contributed by atoms with Crippen LogP contribution in [0.1, 0.15) is 5.56 Å². The Balaban J connectivity index is 1.95. The average molecular weight is 272 g/mol. The van der Waals surface area contributed by atoms with Gasteiger partial charge in [-0.2, -0.15) is 0 Å². The van der Waals surface area contributed by atoms with Crippen molar-refractivity contribution in [2.45, 2.75) is 6.54 Å². The lowest BCUT2D eigenvalue weighted by molar-refractivity contribution is 0.747. The summed E-state index contributed by atoms with van der Waals surface area (Å²) in [5.74, 6) is 0.808. The smallest absolute Gasteiger partial charge is 0.271 e. The summed E-state index contributed by atoms with van der Waals surface area (Å²) in [6.45, 7) is 0.483. The molecule has 6 heteroatoms. The molecule has 0 aromatic carbocycles. The van der Waals surface area contributed by atoms with Crippen LogP contribution < -0.4 is 10.9 Å². The fourth-order valence-electron chi connectivity index (χ4n) is 1.85. The molecule has 0 aliphatic heterocycles. The molecule has 3 heterocycles. The molecule has 0 saturated heterocycles. The van der Waals surface area contributed by atoms with Crippen molar-refractivity contribution >= 4 is 27.4 Å². The van der Waals surface area contributed by atoms with E-state index in [1.807, 2.05) is 30.6 Å². The molecule has 0 atom stereocenters. The van der Waals surface area contributed by atoms with Gasteiger partial charge in [-0.3, -0.25) is 9.36 Å². The quantitative estimate of drug-likeness (QED) is 0.791. The number of hydrogen-bond donors (Lipinski definition) is 1. The molecule has 0 unspecified atom stereocenters. The normalized spacial score (nSPS) is 10.8. The Morgan fingerprint density at radius 3 is 2.95 bits per heavy atom. The first-order chi connectivity index (χ1) is 9.28. The molecule has 3 rings (SSSR count). The van der Waals surface area contributed by atoms with Gasteiger partial charge in [-0.25, -0.2) is 9.97 Å². The molecule has 0 amide bonds. The van der Waals surface area contributed by atoms with Gasteiger partial charge in [0.15, 0.2) is 0 Å². The van der Waals surface area contributed by atoms with Crippen LogP contribution >= 0.6 is 11.3 Å². The third-order valence-electron chi connectivity index (χ3n) is 2.87. The maximum absolute atomic E-state index is 12.2. The van der Waals surface area contributed by atoms with Crippen LogP contribution in [0.3, 0.4) is 0 Å². The van der Waals surface area contributed by atoms with Crippen molar-refractivity contribution < 1.29 is 0 Å². The van der Waals surface area contributed by atoms with Crippen LogP contribution in [0, 0.1) is 0 Å². The molecule has 5 nitrogen and oxygen atoms in total. The van der Waals surface area contributed by atoms with E-state index in [0.717, 1.165) is 16.9 Å². The largest absolute Gasteiger partial charge is 0.373 e. The van der Waals surface area contributed by atoms with Crippen molar-refractivity contribution in [1.29, 1.82) is 0 Å². The second-order valence-electron chi connectivity index (χ2n) is 4.11. The van der Waals surface area contributed by atoms with Crippen molar-refractivity contribution in [1.82, 2.24) is 14.5 Å². The van der Waals surface area contributed by atoms with Crippen LogP contribution in [-0.2, 0) is 6.54 Å². The Bertz CT molecular complexity index is 760. The zero-order valence-corrected chi connectivity index (χ0v) is 11.1. The molecule has 0 aliphatic carbocycles. The van der Waals surface area contributed by atoms with Gasteiger partial charge in [0.1, 0.15) is 10.5 Å². The van der Waals surface area contributed by atoms with E-state index in [1.54, 1.807) is 17.1 Å². The Labute approximate surface area is 113 Å². The van der Waals surface area contributed by atoms with Crippen molar-refractivity contribution in [3.05, 3.63) is 52.0 Å². The second kappa shape index (κ2) is 4.81. The molecular weight excluding hydrogens is 260 g/mol. The number of nitrogens with zero attached hydrogens (tertiary/aromatic N) is 3. The fourth-order valence-corrected chi connectivity index (χ4v) is 2.65. The zero-order valence-electron chi connectivity index (χ0n) is 10.3. The molecule has 0 fully saturated rings. The van der Waals surface area contributed by atoms with Gasteiger partial charge < -0.3 is 5.32 Å². The van der Waals surface area contributed by atoms with E-state index in [2.05, 4.69) is 15.3 Å². The number of anilines is 1. The second-order valence-corrected chi connectivity index (χ2v) is 5.03. The minimum absolute atomic E-state index is 0.00214. The van der Waals surface area contributed by atoms with Gasteiger partial charge in [-0.15, -0.1) is 11.3 Å². The topological polar surface area (TPSA) is 59.8 Å². The van der Waals surface area contributed by atoms with Crippen LogP contribution in [0.5, 0.6) is 0 Å². The summed E-state index contributed by atoms with van der Waals surface area (Å²) in [7, 11) is 1.82. The number of fused-ring (bicyclic) bond motifs is 1. The number of nitrogens with one attached hydrogen (secondary N) is 1. The van der Waals surface area contributed by atoms with E-state index in [0.29, 0.717) is 11.2 Å². The van der Waals surface area contributed by atoms with Crippen LogP contribution in [0.25, 0.3) is 10.2 Å². The summed E-state index contributed by atoms with van der Waals surface area (Å²) in [4.78, 5) is 20.7. The van der Waals surface area contributed by atoms with Gasteiger partial charge in [0, 0.05) is 13.2 Å². The highest BCUT2D eigenvalue weighted by Gasteiger charge is 2.05. The zero-order chi connectivity index (χ0) is 13.2. The SMILES string of the molecule is CNc1ccc(Cn2cnc3ccsc3c2=O)cn1. The highest BCUT2D eigenvalue weighted by Crippen LogP contribution is 2.13. The molecule has 1 N–H and O–H groups in total. The summed E-state index contributed by atoms with van der Waals surface area (Å²) in [6, 6.07) is 5.69. The van der Waals surface area contributed by atoms with E-state index in [1.165, 1.54) is 11.3 Å². The third kappa shape index (κ3) is 2.22. The predicted octanol–water partition coefficient (Wildman–Crippen LogP) is 1.94. The van der Waals surface area contributed by atoms with Crippen LogP contribution in [0.2, 0.25) is 0 Å². The number of aromatic nitrogens is 3. The first-order valence-electron chi connectivity index (χ1n) is 5.83. The highest BCUT2D eigenvalue weighted by atomic mass is 32.1. The Kier molecular flexibility index (Phi) is 3.00. The number of hydrogen-bond acceptors (Lipinski definition) is 5. The summed E-state index contributed by atoms with van der Waals surface area (Å²) in [6.07, 6.45) is 3.35. The molecule has 96 valence electrons. The van der Waals surface area contributed by atoms with Crippen molar-refractivity contribution in [2.24, 2.45) is 0 Å². The number of thiophene rings is 1. The van der Waals surface area contributed by atoms with E-state index < -0.39 is 0 Å². The monoisotopic (exact) mass is 272 g/mol. The standard InChI is InChI=1S/C13H12N4OS/c1-14-11-3-2-9(6-15-11)7-17-8-16-10-4-5-19-12(10)13(17)18/h2-6,8H,7H2,1H3,(H,14,15). The van der Waals surface area contributed by atoms with Crippen molar-refractivity contribution in [3.63, 3.8) is 0 Å². The van der Waals surface area contributed by atoms with E-state index >= 15 is 0 Å². The Morgan fingerprint density at radius 2 is 2.21 bits per heavy atom. The summed E-state index contributed by atoms with van der Waals surface area (Å²) in [5, 5.41) is 4.84. The van der Waals surface area contributed by atoms with Crippen molar-refractivity contribution in [3.8, 4) is 0 Å².